The van der Waals surface area contributed by atoms with Crippen molar-refractivity contribution in [2.24, 2.45) is 0 Å². The molecule has 0 unspecified atom stereocenters. The summed E-state index contributed by atoms with van der Waals surface area (Å²) in [4.78, 5) is -0.0867. The van der Waals surface area contributed by atoms with Gasteiger partial charge in [0, 0.05) is 6.54 Å². The lowest BCUT2D eigenvalue weighted by Crippen LogP contribution is -2.38. The zero-order valence-corrected chi connectivity index (χ0v) is 20.0. The average molecular weight is 467 g/mol. The van der Waals surface area contributed by atoms with Crippen molar-refractivity contribution >= 4 is 31.4 Å². The van der Waals surface area contributed by atoms with E-state index in [4.69, 9.17) is 4.74 Å². The van der Waals surface area contributed by atoms with Crippen molar-refractivity contribution in [2.75, 3.05) is 27.9 Å². The molecular formula is C22H30N2O5S2. The molecule has 0 spiro atoms. The summed E-state index contributed by atoms with van der Waals surface area (Å²) < 4.78 is 61.4. The summed E-state index contributed by atoms with van der Waals surface area (Å²) in [5.74, 6) is 0.237. The summed E-state index contributed by atoms with van der Waals surface area (Å²) >= 11 is 0. The Balaban J connectivity index is 2.08. The van der Waals surface area contributed by atoms with Gasteiger partial charge >= 0.3 is 0 Å². The number of rotatable bonds is 6. The van der Waals surface area contributed by atoms with Gasteiger partial charge in [0.15, 0.2) is 0 Å². The van der Waals surface area contributed by atoms with E-state index in [2.05, 4.69) is 4.72 Å². The lowest BCUT2D eigenvalue weighted by molar-refractivity contribution is 0.331. The lowest BCUT2D eigenvalue weighted by Gasteiger charge is -2.29. The Morgan fingerprint density at radius 1 is 1.10 bits per heavy atom. The molecule has 2 aromatic carbocycles. The van der Waals surface area contributed by atoms with Crippen LogP contribution in [-0.2, 0) is 25.5 Å². The van der Waals surface area contributed by atoms with Crippen molar-refractivity contribution in [1.29, 1.82) is 0 Å². The summed E-state index contributed by atoms with van der Waals surface area (Å²) in [7, 11) is -7.52. The first-order valence-electron chi connectivity index (χ1n) is 10.4. The Morgan fingerprint density at radius 3 is 2.45 bits per heavy atom. The van der Waals surface area contributed by atoms with Crippen LogP contribution in [0, 0.1) is 0 Å². The van der Waals surface area contributed by atoms with Crippen LogP contribution in [0.25, 0.3) is 0 Å². The third-order valence-corrected chi connectivity index (χ3v) is 8.39. The molecule has 1 saturated heterocycles. The predicted molar refractivity (Wildman–Crippen MR) is 124 cm³/mol. The number of nitrogens with zero attached hydrogens (tertiary/aromatic N) is 1. The van der Waals surface area contributed by atoms with Crippen molar-refractivity contribution in [1.82, 2.24) is 0 Å². The van der Waals surface area contributed by atoms with Gasteiger partial charge in [-0.2, -0.15) is 0 Å². The SMILES string of the molecule is CCOc1ccc(N2CCCCS2(=O)=O)cc1S(=O)(=O)Nc1ccccc1C(C)(C)C. The predicted octanol–water partition coefficient (Wildman–Crippen LogP) is 4.11. The van der Waals surface area contributed by atoms with E-state index >= 15 is 0 Å². The second-order valence-corrected chi connectivity index (χ2v) is 12.2. The molecule has 0 aromatic heterocycles. The highest BCUT2D eigenvalue weighted by Crippen LogP contribution is 2.35. The van der Waals surface area contributed by atoms with Crippen LogP contribution >= 0.6 is 0 Å². The fraction of sp³-hybridized carbons (Fsp3) is 0.455. The van der Waals surface area contributed by atoms with Crippen molar-refractivity contribution in [3.8, 4) is 5.75 Å². The van der Waals surface area contributed by atoms with Gasteiger partial charge in [-0.15, -0.1) is 0 Å². The quantitative estimate of drug-likeness (QED) is 0.691. The maximum Gasteiger partial charge on any atom is 0.265 e. The van der Waals surface area contributed by atoms with Crippen LogP contribution in [-0.4, -0.2) is 35.7 Å². The monoisotopic (exact) mass is 466 g/mol. The largest absolute Gasteiger partial charge is 0.492 e. The van der Waals surface area contributed by atoms with Crippen LogP contribution in [0.5, 0.6) is 5.75 Å². The zero-order valence-electron chi connectivity index (χ0n) is 18.4. The van der Waals surface area contributed by atoms with Gasteiger partial charge in [0.1, 0.15) is 10.6 Å². The number of nitrogens with one attached hydrogen (secondary N) is 1. The van der Waals surface area contributed by atoms with E-state index in [1.54, 1.807) is 25.1 Å². The number of benzene rings is 2. The molecule has 1 aliphatic heterocycles. The number of para-hydroxylation sites is 1. The van der Waals surface area contributed by atoms with Crippen molar-refractivity contribution in [3.63, 3.8) is 0 Å². The summed E-state index contributed by atoms with van der Waals surface area (Å²) in [6.45, 7) is 8.40. The Kier molecular flexibility index (Phi) is 6.57. The van der Waals surface area contributed by atoms with Crippen LogP contribution in [0.3, 0.4) is 0 Å². The van der Waals surface area contributed by atoms with Crippen LogP contribution in [0.1, 0.15) is 46.1 Å². The molecule has 0 aliphatic carbocycles. The summed E-state index contributed by atoms with van der Waals surface area (Å²) in [6.07, 6.45) is 1.33. The van der Waals surface area contributed by atoms with E-state index in [9.17, 15) is 16.8 Å². The molecule has 3 rings (SSSR count). The van der Waals surface area contributed by atoms with E-state index in [1.165, 1.54) is 16.4 Å². The standard InChI is InChI=1S/C22H30N2O5S2/c1-5-29-20-13-12-17(24-14-8-9-15-30(24,25)26)16-21(20)31(27,28)23-19-11-7-6-10-18(19)22(2,3)4/h6-7,10-13,16,23H,5,8-9,14-15H2,1-4H3. The molecule has 7 nitrogen and oxygen atoms in total. The second-order valence-electron chi connectivity index (χ2n) is 8.56. The van der Waals surface area contributed by atoms with E-state index < -0.39 is 20.0 Å². The van der Waals surface area contributed by atoms with E-state index in [-0.39, 0.29) is 28.4 Å². The first-order chi connectivity index (χ1) is 14.5. The van der Waals surface area contributed by atoms with Gasteiger partial charge in [-0.05, 0) is 55.0 Å². The normalized spacial score (nSPS) is 16.7. The Morgan fingerprint density at radius 2 is 1.81 bits per heavy atom. The van der Waals surface area contributed by atoms with Gasteiger partial charge < -0.3 is 4.74 Å². The molecule has 1 N–H and O–H groups in total. The minimum absolute atomic E-state index is 0.0551. The molecular weight excluding hydrogens is 436 g/mol. The zero-order chi connectivity index (χ0) is 22.9. The smallest absolute Gasteiger partial charge is 0.265 e. The van der Waals surface area contributed by atoms with Gasteiger partial charge in [0.2, 0.25) is 10.0 Å². The van der Waals surface area contributed by atoms with Gasteiger partial charge in [-0.3, -0.25) is 9.03 Å². The molecule has 1 aliphatic rings. The van der Waals surface area contributed by atoms with Crippen molar-refractivity contribution in [3.05, 3.63) is 48.0 Å². The number of anilines is 2. The third kappa shape index (κ3) is 5.15. The molecule has 0 saturated carbocycles. The lowest BCUT2D eigenvalue weighted by atomic mass is 9.86. The van der Waals surface area contributed by atoms with E-state index in [0.717, 1.165) is 12.0 Å². The molecule has 0 bridgehead atoms. The summed E-state index contributed by atoms with van der Waals surface area (Å²) in [6, 6.07) is 11.7. The van der Waals surface area contributed by atoms with Gasteiger partial charge in [-0.25, -0.2) is 16.8 Å². The maximum absolute atomic E-state index is 13.4. The average Bonchev–Trinajstić information content (AvgIpc) is 2.67. The summed E-state index contributed by atoms with van der Waals surface area (Å²) in [5, 5.41) is 0. The molecule has 0 atom stereocenters. The molecule has 0 radical (unpaired) electrons. The van der Waals surface area contributed by atoms with Crippen LogP contribution in [0.15, 0.2) is 47.4 Å². The fourth-order valence-corrected chi connectivity index (χ4v) is 6.52. The molecule has 1 fully saturated rings. The maximum atomic E-state index is 13.4. The molecule has 1 heterocycles. The van der Waals surface area contributed by atoms with Crippen LogP contribution in [0.2, 0.25) is 0 Å². The number of hydrogen-bond donors (Lipinski definition) is 1. The molecule has 9 heteroatoms. The van der Waals surface area contributed by atoms with Gasteiger partial charge in [-0.1, -0.05) is 39.0 Å². The summed E-state index contributed by atoms with van der Waals surface area (Å²) in [5.41, 5.74) is 1.39. The molecule has 170 valence electrons. The first kappa shape index (κ1) is 23.4. The molecule has 2 aromatic rings. The van der Waals surface area contributed by atoms with Gasteiger partial charge in [0.25, 0.3) is 10.0 Å². The minimum Gasteiger partial charge on any atom is -0.492 e. The number of ether oxygens (including phenoxy) is 1. The number of sulfonamides is 2. The fourth-order valence-electron chi connectivity index (χ4n) is 3.64. The third-order valence-electron chi connectivity index (χ3n) is 5.13. The highest BCUT2D eigenvalue weighted by Gasteiger charge is 2.29. The highest BCUT2D eigenvalue weighted by molar-refractivity contribution is 7.93. The Labute approximate surface area is 185 Å². The Hall–Kier alpha value is -2.26. The molecule has 31 heavy (non-hydrogen) atoms. The number of hydrogen-bond acceptors (Lipinski definition) is 5. The second kappa shape index (κ2) is 8.70. The highest BCUT2D eigenvalue weighted by atomic mass is 32.2. The first-order valence-corrected chi connectivity index (χ1v) is 13.4. The minimum atomic E-state index is -4.04. The van der Waals surface area contributed by atoms with Gasteiger partial charge in [0.05, 0.1) is 23.7 Å². The molecule has 0 amide bonds. The van der Waals surface area contributed by atoms with E-state index in [1.807, 2.05) is 32.9 Å². The van der Waals surface area contributed by atoms with E-state index in [0.29, 0.717) is 24.3 Å². The van der Waals surface area contributed by atoms with Crippen molar-refractivity contribution in [2.45, 2.75) is 50.8 Å². The van der Waals surface area contributed by atoms with Crippen molar-refractivity contribution < 1.29 is 21.6 Å². The van der Waals surface area contributed by atoms with Crippen LogP contribution in [0.4, 0.5) is 11.4 Å². The van der Waals surface area contributed by atoms with Crippen LogP contribution < -0.4 is 13.8 Å². The Bertz CT molecular complexity index is 1150. The topological polar surface area (TPSA) is 92.8 Å².